The highest BCUT2D eigenvalue weighted by Crippen LogP contribution is 2.19. The third kappa shape index (κ3) is 4.77. The van der Waals surface area contributed by atoms with E-state index in [0.717, 1.165) is 4.31 Å². The van der Waals surface area contributed by atoms with E-state index in [1.807, 2.05) is 0 Å². The van der Waals surface area contributed by atoms with Crippen LogP contribution >= 0.6 is 0 Å². The molecule has 0 bridgehead atoms. The van der Waals surface area contributed by atoms with E-state index in [4.69, 9.17) is 4.74 Å². The molecule has 10 heteroatoms. The third-order valence-corrected chi connectivity index (χ3v) is 5.14. The fourth-order valence-electron chi connectivity index (χ4n) is 1.96. The molecular formula is C16H17N3O6S. The zero-order valence-electron chi connectivity index (χ0n) is 14.1. The zero-order chi connectivity index (χ0) is 19.3. The molecule has 0 unspecified atom stereocenters. The molecular weight excluding hydrogens is 362 g/mol. The molecule has 0 saturated heterocycles. The Morgan fingerprint density at radius 1 is 1.19 bits per heavy atom. The highest BCUT2D eigenvalue weighted by Gasteiger charge is 2.16. The van der Waals surface area contributed by atoms with Crippen molar-refractivity contribution >= 4 is 27.3 Å². The minimum atomic E-state index is -3.53. The quantitative estimate of drug-likeness (QED) is 0.579. The average molecular weight is 379 g/mol. The van der Waals surface area contributed by atoms with Crippen LogP contribution in [0.2, 0.25) is 0 Å². The van der Waals surface area contributed by atoms with Crippen molar-refractivity contribution in [3.05, 3.63) is 58.6 Å². The molecule has 0 aromatic heterocycles. The van der Waals surface area contributed by atoms with E-state index in [1.54, 1.807) is 0 Å². The Balaban J connectivity index is 1.95. The molecule has 0 aliphatic carbocycles. The van der Waals surface area contributed by atoms with Crippen LogP contribution in [0.25, 0.3) is 0 Å². The molecule has 9 nitrogen and oxygen atoms in total. The van der Waals surface area contributed by atoms with Crippen molar-refractivity contribution in [1.82, 2.24) is 4.31 Å². The van der Waals surface area contributed by atoms with E-state index in [-0.39, 0.29) is 22.9 Å². The second-order valence-corrected chi connectivity index (χ2v) is 7.55. The number of nitro groups is 1. The van der Waals surface area contributed by atoms with Crippen molar-refractivity contribution in [2.75, 3.05) is 26.0 Å². The van der Waals surface area contributed by atoms with Crippen molar-refractivity contribution in [3.63, 3.8) is 0 Å². The van der Waals surface area contributed by atoms with Gasteiger partial charge >= 0.3 is 0 Å². The number of amides is 1. The van der Waals surface area contributed by atoms with E-state index >= 15 is 0 Å². The van der Waals surface area contributed by atoms with Gasteiger partial charge in [0.1, 0.15) is 5.75 Å². The number of benzene rings is 2. The predicted molar refractivity (Wildman–Crippen MR) is 94.5 cm³/mol. The molecule has 2 aromatic rings. The van der Waals surface area contributed by atoms with Gasteiger partial charge in [0.15, 0.2) is 6.61 Å². The summed E-state index contributed by atoms with van der Waals surface area (Å²) in [5.74, 6) is -0.188. The summed E-state index contributed by atoms with van der Waals surface area (Å²) in [7, 11) is -0.676. The molecule has 1 N–H and O–H groups in total. The number of hydrogen-bond acceptors (Lipinski definition) is 6. The fraction of sp³-hybridized carbons (Fsp3) is 0.188. The van der Waals surface area contributed by atoms with Crippen molar-refractivity contribution in [2.45, 2.75) is 4.90 Å². The van der Waals surface area contributed by atoms with Crippen LogP contribution in [0.3, 0.4) is 0 Å². The van der Waals surface area contributed by atoms with Crippen LogP contribution in [-0.4, -0.2) is 44.3 Å². The second-order valence-electron chi connectivity index (χ2n) is 5.40. The number of non-ortho nitro benzene ring substituents is 1. The first kappa shape index (κ1) is 19.3. The summed E-state index contributed by atoms with van der Waals surface area (Å²) in [6.07, 6.45) is 0. The average Bonchev–Trinajstić information content (AvgIpc) is 2.60. The maximum Gasteiger partial charge on any atom is 0.271 e. The normalized spacial score (nSPS) is 11.2. The van der Waals surface area contributed by atoms with Crippen LogP contribution in [0.1, 0.15) is 0 Å². The first-order valence-corrected chi connectivity index (χ1v) is 8.84. The minimum absolute atomic E-state index is 0.107. The third-order valence-electron chi connectivity index (χ3n) is 3.31. The van der Waals surface area contributed by atoms with Gasteiger partial charge in [-0.2, -0.15) is 0 Å². The van der Waals surface area contributed by atoms with Gasteiger partial charge in [-0.15, -0.1) is 0 Å². The molecule has 0 fully saturated rings. The highest BCUT2D eigenvalue weighted by atomic mass is 32.2. The summed E-state index contributed by atoms with van der Waals surface area (Å²) >= 11 is 0. The summed E-state index contributed by atoms with van der Waals surface area (Å²) in [6, 6.07) is 11.2. The molecule has 2 rings (SSSR count). The van der Waals surface area contributed by atoms with E-state index in [2.05, 4.69) is 5.32 Å². The molecule has 1 amide bonds. The number of sulfonamides is 1. The maximum absolute atomic E-state index is 12.0. The van der Waals surface area contributed by atoms with Gasteiger partial charge in [-0.25, -0.2) is 12.7 Å². The number of nitrogens with one attached hydrogen (secondary N) is 1. The Labute approximate surface area is 150 Å². The first-order valence-electron chi connectivity index (χ1n) is 7.40. The SMILES string of the molecule is CN(C)S(=O)(=O)c1ccc(OCC(=O)Nc2cccc([N+](=O)[O-])c2)cc1. The molecule has 0 aliphatic heterocycles. The molecule has 0 atom stereocenters. The lowest BCUT2D eigenvalue weighted by Crippen LogP contribution is -2.22. The van der Waals surface area contributed by atoms with Gasteiger partial charge in [0, 0.05) is 31.9 Å². The van der Waals surface area contributed by atoms with Gasteiger partial charge in [0.05, 0.1) is 9.82 Å². The molecule has 26 heavy (non-hydrogen) atoms. The summed E-state index contributed by atoms with van der Waals surface area (Å²) in [6.45, 7) is -0.331. The molecule has 0 spiro atoms. The number of hydrogen-bond donors (Lipinski definition) is 1. The van der Waals surface area contributed by atoms with Gasteiger partial charge in [-0.05, 0) is 30.3 Å². The Morgan fingerprint density at radius 3 is 2.42 bits per heavy atom. The molecule has 2 aromatic carbocycles. The van der Waals surface area contributed by atoms with E-state index < -0.39 is 20.9 Å². The molecule has 0 aliphatic rings. The number of carbonyl (C=O) groups is 1. The van der Waals surface area contributed by atoms with E-state index in [0.29, 0.717) is 5.75 Å². The number of nitro benzene ring substituents is 1. The smallest absolute Gasteiger partial charge is 0.271 e. The lowest BCUT2D eigenvalue weighted by molar-refractivity contribution is -0.384. The Morgan fingerprint density at radius 2 is 1.85 bits per heavy atom. The van der Waals surface area contributed by atoms with Crippen LogP contribution in [0.5, 0.6) is 5.75 Å². The van der Waals surface area contributed by atoms with Crippen molar-refractivity contribution in [2.24, 2.45) is 0 Å². The molecule has 0 saturated carbocycles. The Kier molecular flexibility index (Phi) is 5.90. The topological polar surface area (TPSA) is 119 Å². The zero-order valence-corrected chi connectivity index (χ0v) is 14.9. The van der Waals surface area contributed by atoms with Crippen LogP contribution in [0, 0.1) is 10.1 Å². The van der Waals surface area contributed by atoms with E-state index in [1.165, 1.54) is 62.6 Å². The number of nitrogens with zero attached hydrogens (tertiary/aromatic N) is 2. The van der Waals surface area contributed by atoms with Gasteiger partial charge < -0.3 is 10.1 Å². The van der Waals surface area contributed by atoms with Gasteiger partial charge in [0.2, 0.25) is 10.0 Å². The largest absolute Gasteiger partial charge is 0.484 e. The summed E-state index contributed by atoms with van der Waals surface area (Å²) < 4.78 is 30.3. The van der Waals surface area contributed by atoms with Crippen LogP contribution in [0.4, 0.5) is 11.4 Å². The lowest BCUT2D eigenvalue weighted by atomic mass is 10.3. The molecule has 0 radical (unpaired) electrons. The monoisotopic (exact) mass is 379 g/mol. The van der Waals surface area contributed by atoms with Gasteiger partial charge in [-0.3, -0.25) is 14.9 Å². The number of ether oxygens (including phenoxy) is 1. The van der Waals surface area contributed by atoms with Gasteiger partial charge in [-0.1, -0.05) is 6.07 Å². The van der Waals surface area contributed by atoms with E-state index in [9.17, 15) is 23.3 Å². The minimum Gasteiger partial charge on any atom is -0.484 e. The van der Waals surface area contributed by atoms with Crippen molar-refractivity contribution < 1.29 is 22.9 Å². The summed E-state index contributed by atoms with van der Waals surface area (Å²) in [5, 5.41) is 13.2. The predicted octanol–water partition coefficient (Wildman–Crippen LogP) is 1.86. The maximum atomic E-state index is 12.0. The first-order chi connectivity index (χ1) is 12.2. The number of carbonyl (C=O) groups excluding carboxylic acids is 1. The molecule has 138 valence electrons. The van der Waals surface area contributed by atoms with Gasteiger partial charge in [0.25, 0.3) is 11.6 Å². The lowest BCUT2D eigenvalue weighted by Gasteiger charge is -2.12. The van der Waals surface area contributed by atoms with Crippen molar-refractivity contribution in [1.29, 1.82) is 0 Å². The molecule has 0 heterocycles. The second kappa shape index (κ2) is 7.93. The Hall–Kier alpha value is -2.98. The fourth-order valence-corrected chi connectivity index (χ4v) is 2.86. The summed E-state index contributed by atoms with van der Waals surface area (Å²) in [5.41, 5.74) is 0.140. The number of anilines is 1. The summed E-state index contributed by atoms with van der Waals surface area (Å²) in [4.78, 5) is 22.1. The highest BCUT2D eigenvalue weighted by molar-refractivity contribution is 7.89. The van der Waals surface area contributed by atoms with Crippen LogP contribution < -0.4 is 10.1 Å². The Bertz CT molecular complexity index is 910. The van der Waals surface area contributed by atoms with Crippen LogP contribution in [-0.2, 0) is 14.8 Å². The number of rotatable bonds is 7. The van der Waals surface area contributed by atoms with Crippen molar-refractivity contribution in [3.8, 4) is 5.75 Å². The van der Waals surface area contributed by atoms with Crippen LogP contribution in [0.15, 0.2) is 53.4 Å². The standard InChI is InChI=1S/C16H17N3O6S/c1-18(2)26(23,24)15-8-6-14(7-9-15)25-11-16(20)17-12-4-3-5-13(10-12)19(21)22/h3-10H,11H2,1-2H3,(H,17,20).